The van der Waals surface area contributed by atoms with Crippen LogP contribution < -0.4 is 0 Å². The van der Waals surface area contributed by atoms with Gasteiger partial charge in [-0.15, -0.1) is 11.6 Å². The molecule has 2 atom stereocenters. The monoisotopic (exact) mass is 308 g/mol. The van der Waals surface area contributed by atoms with E-state index in [9.17, 15) is 8.42 Å². The van der Waals surface area contributed by atoms with Crippen molar-refractivity contribution in [2.45, 2.75) is 51.5 Å². The smallest absolute Gasteiger partial charge is 0.195 e. The highest BCUT2D eigenvalue weighted by Crippen LogP contribution is 2.27. The third-order valence-corrected chi connectivity index (χ3v) is 6.86. The fourth-order valence-corrected chi connectivity index (χ4v) is 5.49. The van der Waals surface area contributed by atoms with Crippen LogP contribution in [0, 0.1) is 5.92 Å². The van der Waals surface area contributed by atoms with Gasteiger partial charge in [0.2, 0.25) is 0 Å². The summed E-state index contributed by atoms with van der Waals surface area (Å²) >= 11 is 5.90. The zero-order valence-electron chi connectivity index (χ0n) is 11.7. The summed E-state index contributed by atoms with van der Waals surface area (Å²) in [6.45, 7) is 4.01. The molecule has 2 saturated heterocycles. The summed E-state index contributed by atoms with van der Waals surface area (Å²) in [5, 5.41) is 0. The van der Waals surface area contributed by atoms with E-state index in [1.807, 2.05) is 0 Å². The minimum absolute atomic E-state index is 0.190. The van der Waals surface area contributed by atoms with Crippen LogP contribution in [0.1, 0.15) is 45.4 Å². The van der Waals surface area contributed by atoms with E-state index < -0.39 is 10.2 Å². The van der Waals surface area contributed by atoms with E-state index in [0.29, 0.717) is 31.4 Å². The predicted molar refractivity (Wildman–Crippen MR) is 78.6 cm³/mol. The summed E-state index contributed by atoms with van der Waals surface area (Å²) < 4.78 is 29.0. The summed E-state index contributed by atoms with van der Waals surface area (Å²) in [5.41, 5.74) is 0. The van der Waals surface area contributed by atoms with E-state index in [2.05, 4.69) is 6.92 Å². The number of hydrogen-bond acceptors (Lipinski definition) is 2. The lowest BCUT2D eigenvalue weighted by molar-refractivity contribution is 0.207. The van der Waals surface area contributed by atoms with E-state index in [-0.39, 0.29) is 6.04 Å². The van der Waals surface area contributed by atoms with Gasteiger partial charge in [-0.25, -0.2) is 0 Å². The van der Waals surface area contributed by atoms with Crippen LogP contribution in [-0.2, 0) is 10.2 Å². The first-order valence-electron chi connectivity index (χ1n) is 7.42. The number of rotatable bonds is 4. The molecule has 0 aliphatic carbocycles. The molecule has 4 nitrogen and oxygen atoms in total. The largest absolute Gasteiger partial charge is 0.282 e. The van der Waals surface area contributed by atoms with Gasteiger partial charge in [-0.3, -0.25) is 0 Å². The van der Waals surface area contributed by atoms with Crippen molar-refractivity contribution in [1.29, 1.82) is 0 Å². The molecule has 19 heavy (non-hydrogen) atoms. The minimum atomic E-state index is -3.28. The average molecular weight is 309 g/mol. The molecule has 0 amide bonds. The quantitative estimate of drug-likeness (QED) is 0.749. The lowest BCUT2D eigenvalue weighted by atomic mass is 10.0. The summed E-state index contributed by atoms with van der Waals surface area (Å²) in [7, 11) is -3.28. The Bertz CT molecular complexity index is 388. The summed E-state index contributed by atoms with van der Waals surface area (Å²) in [4.78, 5) is 0. The normalized spacial score (nSPS) is 31.5. The average Bonchev–Trinajstić information content (AvgIpc) is 2.47. The molecule has 0 saturated carbocycles. The summed E-state index contributed by atoms with van der Waals surface area (Å²) in [5.74, 6) is 0.874. The van der Waals surface area contributed by atoms with Gasteiger partial charge in [0.25, 0.3) is 10.2 Å². The van der Waals surface area contributed by atoms with Gasteiger partial charge in [0.15, 0.2) is 0 Å². The fourth-order valence-electron chi connectivity index (χ4n) is 3.20. The minimum Gasteiger partial charge on any atom is -0.195 e. The first-order valence-corrected chi connectivity index (χ1v) is 9.35. The summed E-state index contributed by atoms with van der Waals surface area (Å²) in [6, 6.07) is 0.190. The lowest BCUT2D eigenvalue weighted by Crippen LogP contribution is -2.53. The van der Waals surface area contributed by atoms with Crippen LogP contribution in [-0.4, -0.2) is 48.6 Å². The van der Waals surface area contributed by atoms with Gasteiger partial charge in [0.05, 0.1) is 0 Å². The Hall–Kier alpha value is 0.160. The number of nitrogens with zero attached hydrogens (tertiary/aromatic N) is 2. The highest BCUT2D eigenvalue weighted by molar-refractivity contribution is 7.86. The maximum absolute atomic E-state index is 12.8. The molecule has 0 N–H and O–H groups in total. The highest BCUT2D eigenvalue weighted by atomic mass is 35.5. The lowest BCUT2D eigenvalue weighted by Gasteiger charge is -2.40. The molecule has 112 valence electrons. The van der Waals surface area contributed by atoms with Gasteiger partial charge < -0.3 is 0 Å². The molecule has 0 bridgehead atoms. The molecule has 0 radical (unpaired) electrons. The van der Waals surface area contributed by atoms with Crippen molar-refractivity contribution in [1.82, 2.24) is 8.61 Å². The number of alkyl halides is 1. The number of hydrogen-bond donors (Lipinski definition) is 0. The molecule has 2 aliphatic rings. The van der Waals surface area contributed by atoms with Crippen molar-refractivity contribution in [2.75, 3.05) is 25.5 Å². The summed E-state index contributed by atoms with van der Waals surface area (Å²) in [6.07, 6.45) is 6.03. The molecule has 2 aliphatic heterocycles. The number of halogens is 1. The number of piperidine rings is 2. The Morgan fingerprint density at radius 1 is 1.16 bits per heavy atom. The van der Waals surface area contributed by atoms with Gasteiger partial charge >= 0.3 is 0 Å². The van der Waals surface area contributed by atoms with Gasteiger partial charge in [0, 0.05) is 31.6 Å². The molecule has 0 aromatic heterocycles. The first-order chi connectivity index (χ1) is 9.09. The molecule has 6 heteroatoms. The Balaban J connectivity index is 2.11. The second kappa shape index (κ2) is 6.74. The highest BCUT2D eigenvalue weighted by Gasteiger charge is 2.37. The zero-order chi connectivity index (χ0) is 13.9. The van der Waals surface area contributed by atoms with E-state index in [1.54, 1.807) is 8.61 Å². The van der Waals surface area contributed by atoms with Gasteiger partial charge in [0.1, 0.15) is 0 Å². The van der Waals surface area contributed by atoms with Crippen LogP contribution in [0.3, 0.4) is 0 Å². The fraction of sp³-hybridized carbons (Fsp3) is 1.00. The third-order valence-electron chi connectivity index (χ3n) is 4.37. The van der Waals surface area contributed by atoms with Gasteiger partial charge in [-0.2, -0.15) is 17.0 Å². The second-order valence-corrected chi connectivity index (χ2v) is 7.89. The van der Waals surface area contributed by atoms with Crippen LogP contribution in [0.5, 0.6) is 0 Å². The molecule has 0 spiro atoms. The molecule has 2 heterocycles. The SMILES string of the molecule is CCC1CCCCN1S(=O)(=O)N1CCCC(CCl)C1. The van der Waals surface area contributed by atoms with E-state index in [0.717, 1.165) is 38.5 Å². The molecule has 2 fully saturated rings. The zero-order valence-corrected chi connectivity index (χ0v) is 13.3. The maximum atomic E-state index is 12.8. The Morgan fingerprint density at radius 2 is 1.95 bits per heavy atom. The van der Waals surface area contributed by atoms with E-state index >= 15 is 0 Å². The van der Waals surface area contributed by atoms with E-state index in [4.69, 9.17) is 11.6 Å². The van der Waals surface area contributed by atoms with Crippen molar-refractivity contribution < 1.29 is 8.42 Å². The first kappa shape index (κ1) is 15.5. The van der Waals surface area contributed by atoms with Crippen molar-refractivity contribution in [3.05, 3.63) is 0 Å². The van der Waals surface area contributed by atoms with Crippen LogP contribution >= 0.6 is 11.6 Å². The molecule has 0 aromatic rings. The molecule has 2 rings (SSSR count). The van der Waals surface area contributed by atoms with Crippen molar-refractivity contribution >= 4 is 21.8 Å². The van der Waals surface area contributed by atoms with Gasteiger partial charge in [-0.1, -0.05) is 13.3 Å². The van der Waals surface area contributed by atoms with Crippen LogP contribution in [0.2, 0.25) is 0 Å². The van der Waals surface area contributed by atoms with E-state index in [1.165, 1.54) is 0 Å². The van der Waals surface area contributed by atoms with Crippen LogP contribution in [0.15, 0.2) is 0 Å². The van der Waals surface area contributed by atoms with Crippen molar-refractivity contribution in [2.24, 2.45) is 5.92 Å². The Morgan fingerprint density at radius 3 is 2.63 bits per heavy atom. The Labute approximate surface area is 122 Å². The molecule has 0 aromatic carbocycles. The second-order valence-electron chi connectivity index (χ2n) is 5.70. The van der Waals surface area contributed by atoms with Crippen molar-refractivity contribution in [3.63, 3.8) is 0 Å². The third kappa shape index (κ3) is 3.43. The van der Waals surface area contributed by atoms with Gasteiger partial charge in [-0.05, 0) is 38.0 Å². The predicted octanol–water partition coefficient (Wildman–Crippen LogP) is 2.45. The Kier molecular flexibility index (Phi) is 5.52. The van der Waals surface area contributed by atoms with Crippen LogP contribution in [0.25, 0.3) is 0 Å². The van der Waals surface area contributed by atoms with Crippen molar-refractivity contribution in [3.8, 4) is 0 Å². The standard InChI is InChI=1S/C13H25ClN2O2S/c1-2-13-7-3-4-9-16(13)19(17,18)15-8-5-6-12(10-14)11-15/h12-13H,2-11H2,1H3. The maximum Gasteiger partial charge on any atom is 0.282 e. The van der Waals surface area contributed by atoms with Crippen LogP contribution in [0.4, 0.5) is 0 Å². The molecular weight excluding hydrogens is 284 g/mol. The molecule has 2 unspecified atom stereocenters. The molecular formula is C13H25ClN2O2S. The topological polar surface area (TPSA) is 40.6 Å².